The number of aliphatic hydroxyl groups is 1. The molecule has 3 nitrogen and oxygen atoms in total. The molecular formula is C10H16N2O. The molecule has 3 atom stereocenters. The summed E-state index contributed by atoms with van der Waals surface area (Å²) in [6, 6.07) is 1.91. The number of aryl methyl sites for hydroxylation is 1. The summed E-state index contributed by atoms with van der Waals surface area (Å²) in [5, 5.41) is 14.4. The molecular weight excluding hydrogens is 164 g/mol. The average molecular weight is 180 g/mol. The first kappa shape index (κ1) is 8.75. The van der Waals surface area contributed by atoms with Gasteiger partial charge in [0.05, 0.1) is 5.69 Å². The van der Waals surface area contributed by atoms with Crippen LogP contribution in [0.4, 0.5) is 0 Å². The summed E-state index contributed by atoms with van der Waals surface area (Å²) in [7, 11) is 1.88. The molecule has 2 rings (SSSR count). The zero-order chi connectivity index (χ0) is 9.64. The molecule has 0 amide bonds. The molecule has 1 aliphatic carbocycles. The van der Waals surface area contributed by atoms with Crippen molar-refractivity contribution in [2.24, 2.45) is 18.9 Å². The van der Waals surface area contributed by atoms with Crippen LogP contribution >= 0.6 is 0 Å². The maximum Gasteiger partial charge on any atom is 0.109 e. The molecule has 3 heteroatoms. The fourth-order valence-electron chi connectivity index (χ4n) is 2.30. The Kier molecular flexibility index (Phi) is 1.74. The Morgan fingerprint density at radius 1 is 1.62 bits per heavy atom. The predicted octanol–water partition coefficient (Wildman–Crippen LogP) is 1.28. The molecule has 0 bridgehead atoms. The fourth-order valence-corrected chi connectivity index (χ4v) is 2.30. The van der Waals surface area contributed by atoms with Crippen LogP contribution in [-0.2, 0) is 12.6 Å². The Labute approximate surface area is 78.4 Å². The van der Waals surface area contributed by atoms with Crippen molar-refractivity contribution in [3.63, 3.8) is 0 Å². The van der Waals surface area contributed by atoms with Gasteiger partial charge in [0.2, 0.25) is 0 Å². The maximum absolute atomic E-state index is 10.3. The van der Waals surface area contributed by atoms with E-state index in [4.69, 9.17) is 0 Å². The van der Waals surface area contributed by atoms with E-state index in [2.05, 4.69) is 18.9 Å². The Balaban J connectivity index is 2.32. The fraction of sp³-hybridized carbons (Fsp3) is 0.700. The van der Waals surface area contributed by atoms with Crippen LogP contribution in [0.2, 0.25) is 0 Å². The Morgan fingerprint density at radius 2 is 2.31 bits per heavy atom. The van der Waals surface area contributed by atoms with Crippen LogP contribution in [0.1, 0.15) is 26.0 Å². The number of aromatic nitrogens is 2. The van der Waals surface area contributed by atoms with Crippen molar-refractivity contribution in [1.82, 2.24) is 9.78 Å². The van der Waals surface area contributed by atoms with Gasteiger partial charge in [-0.15, -0.1) is 0 Å². The van der Waals surface area contributed by atoms with Crippen LogP contribution in [0.3, 0.4) is 0 Å². The third kappa shape index (κ3) is 1.03. The van der Waals surface area contributed by atoms with Crippen LogP contribution in [0, 0.1) is 11.8 Å². The zero-order valence-electron chi connectivity index (χ0n) is 8.36. The molecule has 0 radical (unpaired) electrons. The Hall–Kier alpha value is -0.830. The summed E-state index contributed by atoms with van der Waals surface area (Å²) in [5.74, 6) is 0.947. The van der Waals surface area contributed by atoms with E-state index in [1.165, 1.54) is 0 Å². The third-order valence-corrected chi connectivity index (χ3v) is 3.50. The average Bonchev–Trinajstić information content (AvgIpc) is 2.51. The number of hydrogen-bond acceptors (Lipinski definition) is 2. The van der Waals surface area contributed by atoms with E-state index in [0.717, 1.165) is 12.1 Å². The lowest BCUT2D eigenvalue weighted by molar-refractivity contribution is -0.137. The molecule has 13 heavy (non-hydrogen) atoms. The molecule has 0 spiro atoms. The molecule has 3 unspecified atom stereocenters. The zero-order valence-corrected chi connectivity index (χ0v) is 8.36. The Morgan fingerprint density at radius 3 is 2.69 bits per heavy atom. The number of rotatable bonds is 1. The molecule has 1 N–H and O–H groups in total. The van der Waals surface area contributed by atoms with Gasteiger partial charge in [0, 0.05) is 13.2 Å². The summed E-state index contributed by atoms with van der Waals surface area (Å²) in [4.78, 5) is 0. The van der Waals surface area contributed by atoms with Gasteiger partial charge in [0.1, 0.15) is 5.60 Å². The molecule has 1 fully saturated rings. The minimum absolute atomic E-state index is 0.336. The minimum atomic E-state index is -0.634. The summed E-state index contributed by atoms with van der Waals surface area (Å²) in [6.45, 7) is 4.27. The smallest absolute Gasteiger partial charge is 0.109 e. The molecule has 72 valence electrons. The molecule has 1 saturated carbocycles. The topological polar surface area (TPSA) is 38.1 Å². The Bertz CT molecular complexity index is 320. The summed E-state index contributed by atoms with van der Waals surface area (Å²) in [6.07, 6.45) is 2.59. The molecule has 1 heterocycles. The summed E-state index contributed by atoms with van der Waals surface area (Å²) in [5.41, 5.74) is 0.308. The highest BCUT2D eigenvalue weighted by Gasteiger charge is 2.50. The van der Waals surface area contributed by atoms with Crippen molar-refractivity contribution < 1.29 is 5.11 Å². The van der Waals surface area contributed by atoms with E-state index in [-0.39, 0.29) is 0 Å². The lowest BCUT2D eigenvalue weighted by atomic mass is 9.61. The standard InChI is InChI=1S/C10H16N2O/c1-7-6-10(13,8(7)2)9-4-5-11-12(9)3/h4-5,7-8,13H,6H2,1-3H3. The first-order chi connectivity index (χ1) is 6.05. The second-order valence-electron chi connectivity index (χ2n) is 4.23. The van der Waals surface area contributed by atoms with Crippen molar-refractivity contribution in [2.45, 2.75) is 25.9 Å². The molecule has 0 saturated heterocycles. The van der Waals surface area contributed by atoms with E-state index in [1.807, 2.05) is 13.1 Å². The maximum atomic E-state index is 10.3. The minimum Gasteiger partial charge on any atom is -0.383 e. The summed E-state index contributed by atoms with van der Waals surface area (Å²) >= 11 is 0. The largest absolute Gasteiger partial charge is 0.383 e. The molecule has 0 aromatic carbocycles. The quantitative estimate of drug-likeness (QED) is 0.707. The van der Waals surface area contributed by atoms with Crippen LogP contribution in [-0.4, -0.2) is 14.9 Å². The van der Waals surface area contributed by atoms with Gasteiger partial charge >= 0.3 is 0 Å². The third-order valence-electron chi connectivity index (χ3n) is 3.50. The van der Waals surface area contributed by atoms with Crippen LogP contribution < -0.4 is 0 Å². The second kappa shape index (κ2) is 2.58. The molecule has 1 aromatic rings. The number of hydrogen-bond donors (Lipinski definition) is 1. The van der Waals surface area contributed by atoms with Gasteiger partial charge in [-0.2, -0.15) is 5.10 Å². The van der Waals surface area contributed by atoms with Crippen molar-refractivity contribution in [2.75, 3.05) is 0 Å². The van der Waals surface area contributed by atoms with E-state index in [9.17, 15) is 5.11 Å². The van der Waals surface area contributed by atoms with Crippen molar-refractivity contribution in [3.8, 4) is 0 Å². The lowest BCUT2D eigenvalue weighted by Crippen LogP contribution is -2.49. The molecule has 0 aliphatic heterocycles. The van der Waals surface area contributed by atoms with Gasteiger partial charge in [-0.3, -0.25) is 4.68 Å². The monoisotopic (exact) mass is 180 g/mol. The SMILES string of the molecule is CC1CC(O)(c2ccnn2C)C1C. The highest BCUT2D eigenvalue weighted by atomic mass is 16.3. The highest BCUT2D eigenvalue weighted by molar-refractivity contribution is 5.18. The van der Waals surface area contributed by atoms with Crippen molar-refractivity contribution >= 4 is 0 Å². The number of nitrogens with zero attached hydrogens (tertiary/aromatic N) is 2. The normalized spacial score (nSPS) is 38.8. The lowest BCUT2D eigenvalue weighted by Gasteiger charge is -2.48. The van der Waals surface area contributed by atoms with E-state index >= 15 is 0 Å². The van der Waals surface area contributed by atoms with Gasteiger partial charge in [-0.1, -0.05) is 13.8 Å². The first-order valence-electron chi connectivity index (χ1n) is 4.76. The van der Waals surface area contributed by atoms with E-state index in [1.54, 1.807) is 10.9 Å². The van der Waals surface area contributed by atoms with Gasteiger partial charge < -0.3 is 5.11 Å². The molecule has 1 aromatic heterocycles. The van der Waals surface area contributed by atoms with Gasteiger partial charge in [-0.25, -0.2) is 0 Å². The van der Waals surface area contributed by atoms with Crippen LogP contribution in [0.25, 0.3) is 0 Å². The summed E-state index contributed by atoms with van der Waals surface area (Å²) < 4.78 is 1.77. The van der Waals surface area contributed by atoms with Crippen molar-refractivity contribution in [1.29, 1.82) is 0 Å². The van der Waals surface area contributed by atoms with Crippen molar-refractivity contribution in [3.05, 3.63) is 18.0 Å². The van der Waals surface area contributed by atoms with Gasteiger partial charge in [0.25, 0.3) is 0 Å². The van der Waals surface area contributed by atoms with Crippen LogP contribution in [0.5, 0.6) is 0 Å². The highest BCUT2D eigenvalue weighted by Crippen LogP contribution is 2.49. The predicted molar refractivity (Wildman–Crippen MR) is 50.0 cm³/mol. The second-order valence-corrected chi connectivity index (χ2v) is 4.23. The van der Waals surface area contributed by atoms with Gasteiger partial charge in [0.15, 0.2) is 0 Å². The van der Waals surface area contributed by atoms with E-state index < -0.39 is 5.60 Å². The van der Waals surface area contributed by atoms with E-state index in [0.29, 0.717) is 11.8 Å². The van der Waals surface area contributed by atoms with Crippen LogP contribution in [0.15, 0.2) is 12.3 Å². The first-order valence-corrected chi connectivity index (χ1v) is 4.76. The van der Waals surface area contributed by atoms with Gasteiger partial charge in [-0.05, 0) is 24.3 Å². The molecule has 1 aliphatic rings.